The number of amides is 1. The van der Waals surface area contributed by atoms with Crippen molar-refractivity contribution in [3.8, 4) is 11.3 Å². The van der Waals surface area contributed by atoms with Crippen LogP contribution in [0.1, 0.15) is 36.8 Å². The SMILES string of the molecule is Cc1ccc(C(C)NC(=O)CCc2ncc(-c3ccc(Cl)cc3)o2)o1. The number of aryl methyl sites for hydroxylation is 2. The molecule has 2 heterocycles. The average Bonchev–Trinajstić information content (AvgIpc) is 3.23. The molecule has 0 aliphatic heterocycles. The van der Waals surface area contributed by atoms with Crippen molar-refractivity contribution in [3.05, 3.63) is 65.0 Å². The first-order chi connectivity index (χ1) is 12.0. The number of nitrogens with one attached hydrogen (secondary N) is 1. The van der Waals surface area contributed by atoms with E-state index in [1.165, 1.54) is 0 Å². The number of benzene rings is 1. The van der Waals surface area contributed by atoms with Gasteiger partial charge < -0.3 is 14.2 Å². The maximum absolute atomic E-state index is 12.1. The molecule has 0 aliphatic carbocycles. The lowest BCUT2D eigenvalue weighted by Gasteiger charge is -2.10. The van der Waals surface area contributed by atoms with E-state index in [1.807, 2.05) is 38.1 Å². The second-order valence-electron chi connectivity index (χ2n) is 5.86. The van der Waals surface area contributed by atoms with Crippen molar-refractivity contribution in [2.24, 2.45) is 0 Å². The molecule has 25 heavy (non-hydrogen) atoms. The minimum absolute atomic E-state index is 0.0761. The van der Waals surface area contributed by atoms with Crippen molar-refractivity contribution >= 4 is 17.5 Å². The third-order valence-electron chi connectivity index (χ3n) is 3.81. The van der Waals surface area contributed by atoms with Gasteiger partial charge in [0.2, 0.25) is 5.91 Å². The van der Waals surface area contributed by atoms with E-state index in [0.717, 1.165) is 17.1 Å². The molecule has 3 rings (SSSR count). The van der Waals surface area contributed by atoms with Crippen LogP contribution in [0.15, 0.2) is 51.4 Å². The van der Waals surface area contributed by atoms with Crippen LogP contribution in [0.3, 0.4) is 0 Å². The Kier molecular flexibility index (Phi) is 5.24. The number of carbonyl (C=O) groups excluding carboxylic acids is 1. The lowest BCUT2D eigenvalue weighted by Crippen LogP contribution is -2.26. The molecule has 6 heteroatoms. The van der Waals surface area contributed by atoms with Gasteiger partial charge in [-0.05, 0) is 50.2 Å². The van der Waals surface area contributed by atoms with Crippen molar-refractivity contribution in [1.29, 1.82) is 0 Å². The second-order valence-corrected chi connectivity index (χ2v) is 6.30. The van der Waals surface area contributed by atoms with E-state index in [0.29, 0.717) is 29.5 Å². The van der Waals surface area contributed by atoms with E-state index in [-0.39, 0.29) is 11.9 Å². The minimum atomic E-state index is -0.171. The minimum Gasteiger partial charge on any atom is -0.464 e. The number of carbonyl (C=O) groups is 1. The van der Waals surface area contributed by atoms with Crippen molar-refractivity contribution < 1.29 is 13.6 Å². The fourth-order valence-electron chi connectivity index (χ4n) is 2.46. The summed E-state index contributed by atoms with van der Waals surface area (Å²) in [5, 5.41) is 3.58. The number of nitrogens with zero attached hydrogens (tertiary/aromatic N) is 1. The molecular weight excluding hydrogens is 340 g/mol. The molecule has 1 amide bonds. The highest BCUT2D eigenvalue weighted by Crippen LogP contribution is 2.23. The molecule has 130 valence electrons. The van der Waals surface area contributed by atoms with Gasteiger partial charge in [-0.3, -0.25) is 4.79 Å². The molecule has 0 fully saturated rings. The van der Waals surface area contributed by atoms with Crippen LogP contribution in [-0.2, 0) is 11.2 Å². The molecule has 0 spiro atoms. The number of hydrogen-bond acceptors (Lipinski definition) is 4. The molecule has 1 N–H and O–H groups in total. The highest BCUT2D eigenvalue weighted by molar-refractivity contribution is 6.30. The summed E-state index contributed by atoms with van der Waals surface area (Å²) < 4.78 is 11.2. The Morgan fingerprint density at radius 3 is 2.64 bits per heavy atom. The predicted molar refractivity (Wildman–Crippen MR) is 95.3 cm³/mol. The largest absolute Gasteiger partial charge is 0.464 e. The molecule has 0 saturated heterocycles. The van der Waals surface area contributed by atoms with Crippen molar-refractivity contribution in [2.45, 2.75) is 32.7 Å². The fraction of sp³-hybridized carbons (Fsp3) is 0.263. The van der Waals surface area contributed by atoms with E-state index in [1.54, 1.807) is 18.3 Å². The quantitative estimate of drug-likeness (QED) is 0.693. The van der Waals surface area contributed by atoms with Crippen LogP contribution >= 0.6 is 11.6 Å². The van der Waals surface area contributed by atoms with Gasteiger partial charge in [-0.15, -0.1) is 0 Å². The summed E-state index contributed by atoms with van der Waals surface area (Å²) >= 11 is 5.88. The Morgan fingerprint density at radius 1 is 1.20 bits per heavy atom. The maximum atomic E-state index is 12.1. The van der Waals surface area contributed by atoms with Crippen LogP contribution in [0.4, 0.5) is 0 Å². The molecule has 0 bridgehead atoms. The lowest BCUT2D eigenvalue weighted by atomic mass is 10.2. The Hall–Kier alpha value is -2.53. The van der Waals surface area contributed by atoms with Gasteiger partial charge in [0.15, 0.2) is 11.7 Å². The normalized spacial score (nSPS) is 12.1. The van der Waals surface area contributed by atoms with Crippen molar-refractivity contribution in [2.75, 3.05) is 0 Å². The summed E-state index contributed by atoms with van der Waals surface area (Å²) in [6.07, 6.45) is 2.39. The molecule has 1 unspecified atom stereocenters. The van der Waals surface area contributed by atoms with Crippen LogP contribution in [-0.4, -0.2) is 10.9 Å². The van der Waals surface area contributed by atoms with Crippen LogP contribution in [0, 0.1) is 6.92 Å². The van der Waals surface area contributed by atoms with E-state index >= 15 is 0 Å². The first-order valence-corrected chi connectivity index (χ1v) is 8.45. The van der Waals surface area contributed by atoms with Gasteiger partial charge in [0.05, 0.1) is 12.2 Å². The van der Waals surface area contributed by atoms with Gasteiger partial charge in [0.25, 0.3) is 0 Å². The van der Waals surface area contributed by atoms with Crippen molar-refractivity contribution in [1.82, 2.24) is 10.3 Å². The van der Waals surface area contributed by atoms with Crippen LogP contribution in [0.2, 0.25) is 5.02 Å². The van der Waals surface area contributed by atoms with Crippen LogP contribution < -0.4 is 5.32 Å². The molecule has 3 aromatic rings. The maximum Gasteiger partial charge on any atom is 0.221 e. The number of aromatic nitrogens is 1. The highest BCUT2D eigenvalue weighted by Gasteiger charge is 2.14. The second kappa shape index (κ2) is 7.57. The van der Waals surface area contributed by atoms with E-state index < -0.39 is 0 Å². The number of hydrogen-bond donors (Lipinski definition) is 1. The van der Waals surface area contributed by atoms with Gasteiger partial charge in [-0.1, -0.05) is 11.6 Å². The molecule has 5 nitrogen and oxygen atoms in total. The number of halogens is 1. The number of furan rings is 1. The topological polar surface area (TPSA) is 68.3 Å². The van der Waals surface area contributed by atoms with E-state index in [9.17, 15) is 4.79 Å². The van der Waals surface area contributed by atoms with E-state index in [4.69, 9.17) is 20.4 Å². The summed E-state index contributed by atoms with van der Waals surface area (Å²) in [4.78, 5) is 16.3. The molecule has 1 aromatic carbocycles. The van der Waals surface area contributed by atoms with Crippen LogP contribution in [0.5, 0.6) is 0 Å². The van der Waals surface area contributed by atoms with Gasteiger partial charge in [0.1, 0.15) is 11.5 Å². The third kappa shape index (κ3) is 4.51. The molecular formula is C19H19ClN2O3. The van der Waals surface area contributed by atoms with Gasteiger partial charge in [-0.25, -0.2) is 4.98 Å². The Bertz CT molecular complexity index is 852. The molecule has 0 radical (unpaired) electrons. The summed E-state index contributed by atoms with van der Waals surface area (Å²) in [5.41, 5.74) is 0.898. The summed E-state index contributed by atoms with van der Waals surface area (Å²) in [6.45, 7) is 3.76. The first kappa shape index (κ1) is 17.3. The molecule has 2 aromatic heterocycles. The average molecular weight is 359 g/mol. The monoisotopic (exact) mass is 358 g/mol. The standard InChI is InChI=1S/C19H19ClN2O3/c1-12-3-8-16(24-12)13(2)22-18(23)9-10-19-21-11-17(25-19)14-4-6-15(20)7-5-14/h3-8,11,13H,9-10H2,1-2H3,(H,22,23). The fourth-order valence-corrected chi connectivity index (χ4v) is 2.59. The summed E-state index contributed by atoms with van der Waals surface area (Å²) in [6, 6.07) is 10.9. The number of rotatable bonds is 6. The number of oxazole rings is 1. The van der Waals surface area contributed by atoms with E-state index in [2.05, 4.69) is 10.3 Å². The predicted octanol–water partition coefficient (Wildman–Crippen LogP) is 4.71. The zero-order valence-electron chi connectivity index (χ0n) is 14.1. The molecule has 0 saturated carbocycles. The van der Waals surface area contributed by atoms with Gasteiger partial charge in [-0.2, -0.15) is 0 Å². The third-order valence-corrected chi connectivity index (χ3v) is 4.07. The van der Waals surface area contributed by atoms with Gasteiger partial charge >= 0.3 is 0 Å². The zero-order chi connectivity index (χ0) is 17.8. The smallest absolute Gasteiger partial charge is 0.221 e. The summed E-state index contributed by atoms with van der Waals surface area (Å²) in [7, 11) is 0. The Balaban J connectivity index is 1.53. The Labute approximate surface area is 151 Å². The molecule has 0 aliphatic rings. The summed E-state index contributed by atoms with van der Waals surface area (Å²) in [5.74, 6) is 2.68. The molecule has 1 atom stereocenters. The Morgan fingerprint density at radius 2 is 1.96 bits per heavy atom. The first-order valence-electron chi connectivity index (χ1n) is 8.07. The highest BCUT2D eigenvalue weighted by atomic mass is 35.5. The van der Waals surface area contributed by atoms with Crippen molar-refractivity contribution in [3.63, 3.8) is 0 Å². The van der Waals surface area contributed by atoms with Crippen LogP contribution in [0.25, 0.3) is 11.3 Å². The zero-order valence-corrected chi connectivity index (χ0v) is 14.8. The lowest BCUT2D eigenvalue weighted by molar-refractivity contribution is -0.121. The van der Waals surface area contributed by atoms with Gasteiger partial charge in [0, 0.05) is 23.4 Å².